The lowest BCUT2D eigenvalue weighted by atomic mass is 9.89. The van der Waals surface area contributed by atoms with Crippen LogP contribution in [0.1, 0.15) is 39.0 Å². The lowest BCUT2D eigenvalue weighted by Gasteiger charge is -2.28. The molecule has 2 aliphatic rings. The van der Waals surface area contributed by atoms with Crippen molar-refractivity contribution in [2.75, 3.05) is 11.9 Å². The van der Waals surface area contributed by atoms with Gasteiger partial charge in [-0.15, -0.1) is 11.3 Å². The number of thiazole rings is 1. The SMILES string of the molecule is CCOc1ccc(-c2csc(NC(=O)CC3CC4CCC(C3)N4)n2)cc1. The van der Waals surface area contributed by atoms with Crippen molar-refractivity contribution < 1.29 is 9.53 Å². The zero-order valence-corrected chi connectivity index (χ0v) is 15.8. The van der Waals surface area contributed by atoms with E-state index in [1.165, 1.54) is 24.2 Å². The van der Waals surface area contributed by atoms with Crippen LogP contribution in [0.4, 0.5) is 5.13 Å². The number of benzene rings is 1. The van der Waals surface area contributed by atoms with Gasteiger partial charge in [0.15, 0.2) is 5.13 Å². The summed E-state index contributed by atoms with van der Waals surface area (Å²) in [6, 6.07) is 9.13. The molecule has 2 saturated heterocycles. The molecule has 5 nitrogen and oxygen atoms in total. The number of carbonyl (C=O) groups excluding carboxylic acids is 1. The zero-order chi connectivity index (χ0) is 17.9. The number of ether oxygens (including phenoxy) is 1. The molecule has 138 valence electrons. The van der Waals surface area contributed by atoms with Gasteiger partial charge in [0.1, 0.15) is 5.75 Å². The summed E-state index contributed by atoms with van der Waals surface area (Å²) >= 11 is 1.48. The van der Waals surface area contributed by atoms with Crippen molar-refractivity contribution in [1.29, 1.82) is 0 Å². The molecule has 0 radical (unpaired) electrons. The van der Waals surface area contributed by atoms with Crippen LogP contribution in [0.3, 0.4) is 0 Å². The van der Waals surface area contributed by atoms with Crippen LogP contribution >= 0.6 is 11.3 Å². The van der Waals surface area contributed by atoms with Crippen molar-refractivity contribution >= 4 is 22.4 Å². The number of amides is 1. The first-order valence-corrected chi connectivity index (χ1v) is 10.3. The highest BCUT2D eigenvalue weighted by Crippen LogP contribution is 2.33. The van der Waals surface area contributed by atoms with Crippen LogP contribution in [-0.4, -0.2) is 29.6 Å². The van der Waals surface area contributed by atoms with E-state index in [1.807, 2.05) is 36.6 Å². The predicted molar refractivity (Wildman–Crippen MR) is 105 cm³/mol. The number of anilines is 1. The number of hydrogen-bond acceptors (Lipinski definition) is 5. The molecule has 2 unspecified atom stereocenters. The maximum Gasteiger partial charge on any atom is 0.226 e. The van der Waals surface area contributed by atoms with E-state index in [2.05, 4.69) is 15.6 Å². The highest BCUT2D eigenvalue weighted by molar-refractivity contribution is 7.14. The summed E-state index contributed by atoms with van der Waals surface area (Å²) < 4.78 is 5.47. The predicted octanol–water partition coefficient (Wildman–Crippen LogP) is 4.07. The topological polar surface area (TPSA) is 63.2 Å². The molecule has 2 N–H and O–H groups in total. The first-order chi connectivity index (χ1) is 12.7. The molecule has 0 spiro atoms. The first kappa shape index (κ1) is 17.5. The highest BCUT2D eigenvalue weighted by atomic mass is 32.1. The Morgan fingerprint density at radius 2 is 2.00 bits per heavy atom. The summed E-state index contributed by atoms with van der Waals surface area (Å²) in [6.45, 7) is 2.63. The Hall–Kier alpha value is -1.92. The van der Waals surface area contributed by atoms with E-state index < -0.39 is 0 Å². The third-order valence-corrected chi connectivity index (χ3v) is 6.01. The Kier molecular flexibility index (Phi) is 5.22. The van der Waals surface area contributed by atoms with Crippen LogP contribution in [0.15, 0.2) is 29.6 Å². The minimum Gasteiger partial charge on any atom is -0.494 e. The monoisotopic (exact) mass is 371 g/mol. The second-order valence-electron chi connectivity index (χ2n) is 7.22. The number of carbonyl (C=O) groups is 1. The number of nitrogens with zero attached hydrogens (tertiary/aromatic N) is 1. The summed E-state index contributed by atoms with van der Waals surface area (Å²) in [6.07, 6.45) is 5.38. The molecule has 2 bridgehead atoms. The van der Waals surface area contributed by atoms with Crippen molar-refractivity contribution in [3.8, 4) is 17.0 Å². The Bertz CT molecular complexity index is 747. The van der Waals surface area contributed by atoms with Crippen molar-refractivity contribution in [1.82, 2.24) is 10.3 Å². The molecule has 0 aliphatic carbocycles. The summed E-state index contributed by atoms with van der Waals surface area (Å²) in [5.74, 6) is 1.44. The molecule has 2 aliphatic heterocycles. The number of nitrogens with one attached hydrogen (secondary N) is 2. The average molecular weight is 372 g/mol. The Morgan fingerprint density at radius 1 is 1.27 bits per heavy atom. The van der Waals surface area contributed by atoms with Crippen molar-refractivity contribution in [2.24, 2.45) is 5.92 Å². The molecule has 2 atom stereocenters. The zero-order valence-electron chi connectivity index (χ0n) is 15.0. The molecule has 0 saturated carbocycles. The normalized spacial score (nSPS) is 24.4. The van der Waals surface area contributed by atoms with Gasteiger partial charge in [-0.2, -0.15) is 0 Å². The summed E-state index contributed by atoms with van der Waals surface area (Å²) in [5, 5.41) is 9.27. The van der Waals surface area contributed by atoms with E-state index in [0.717, 1.165) is 29.8 Å². The summed E-state index contributed by atoms with van der Waals surface area (Å²) in [5.41, 5.74) is 1.91. The second kappa shape index (κ2) is 7.76. The van der Waals surface area contributed by atoms with Crippen molar-refractivity contribution in [3.63, 3.8) is 0 Å². The van der Waals surface area contributed by atoms with Crippen molar-refractivity contribution in [2.45, 2.75) is 51.1 Å². The fourth-order valence-corrected chi connectivity index (χ4v) is 4.86. The number of fused-ring (bicyclic) bond motifs is 2. The van der Waals surface area contributed by atoms with Gasteiger partial charge in [0.2, 0.25) is 5.91 Å². The van der Waals surface area contributed by atoms with E-state index >= 15 is 0 Å². The number of aromatic nitrogens is 1. The van der Waals surface area contributed by atoms with Crippen LogP contribution in [0.25, 0.3) is 11.3 Å². The van der Waals surface area contributed by atoms with Gasteiger partial charge in [0.05, 0.1) is 12.3 Å². The van der Waals surface area contributed by atoms with Crippen molar-refractivity contribution in [3.05, 3.63) is 29.6 Å². The molecule has 6 heteroatoms. The number of rotatable bonds is 6. The lowest BCUT2D eigenvalue weighted by Crippen LogP contribution is -2.39. The Labute approximate surface area is 158 Å². The Morgan fingerprint density at radius 3 is 2.69 bits per heavy atom. The van der Waals surface area contributed by atoms with E-state index in [-0.39, 0.29) is 5.91 Å². The average Bonchev–Trinajstić information content (AvgIpc) is 3.22. The molecule has 1 amide bonds. The molecule has 3 heterocycles. The summed E-state index contributed by atoms with van der Waals surface area (Å²) in [4.78, 5) is 17.0. The maximum absolute atomic E-state index is 12.4. The van der Waals surface area contributed by atoms with Gasteiger partial charge in [-0.05, 0) is 62.8 Å². The maximum atomic E-state index is 12.4. The van der Waals surface area contributed by atoms with E-state index in [0.29, 0.717) is 36.2 Å². The fourth-order valence-electron chi connectivity index (χ4n) is 4.13. The molecule has 2 aromatic rings. The van der Waals surface area contributed by atoms with E-state index in [1.54, 1.807) is 0 Å². The fraction of sp³-hybridized carbons (Fsp3) is 0.500. The molecular formula is C20H25N3O2S. The number of hydrogen-bond donors (Lipinski definition) is 2. The molecular weight excluding hydrogens is 346 g/mol. The minimum absolute atomic E-state index is 0.0869. The van der Waals surface area contributed by atoms with Crippen LogP contribution in [0.2, 0.25) is 0 Å². The van der Waals surface area contributed by atoms with Crippen LogP contribution in [0, 0.1) is 5.92 Å². The van der Waals surface area contributed by atoms with E-state index in [4.69, 9.17) is 4.74 Å². The third kappa shape index (κ3) is 4.07. The Balaban J connectivity index is 1.33. The highest BCUT2D eigenvalue weighted by Gasteiger charge is 2.34. The van der Waals surface area contributed by atoms with Gasteiger partial charge >= 0.3 is 0 Å². The molecule has 1 aromatic heterocycles. The van der Waals surface area contributed by atoms with E-state index in [9.17, 15) is 4.79 Å². The third-order valence-electron chi connectivity index (χ3n) is 5.26. The van der Waals surface area contributed by atoms with Gasteiger partial charge in [-0.3, -0.25) is 4.79 Å². The van der Waals surface area contributed by atoms with Crippen LogP contribution < -0.4 is 15.4 Å². The quantitative estimate of drug-likeness (QED) is 0.803. The van der Waals surface area contributed by atoms with Crippen LogP contribution in [0.5, 0.6) is 5.75 Å². The largest absolute Gasteiger partial charge is 0.494 e. The molecule has 2 fully saturated rings. The molecule has 4 rings (SSSR count). The molecule has 1 aromatic carbocycles. The van der Waals surface area contributed by atoms with Gasteiger partial charge < -0.3 is 15.4 Å². The second-order valence-corrected chi connectivity index (χ2v) is 8.08. The first-order valence-electron chi connectivity index (χ1n) is 9.44. The van der Waals surface area contributed by atoms with Gasteiger partial charge in [-0.1, -0.05) is 0 Å². The minimum atomic E-state index is 0.0869. The standard InChI is InChI=1S/C20H25N3O2S/c1-2-25-17-7-3-14(4-8-17)18-12-26-20(22-18)23-19(24)11-13-9-15-5-6-16(10-13)21-15/h3-4,7-8,12-13,15-16,21H,2,5-6,9-11H2,1H3,(H,22,23,24). The van der Waals surface area contributed by atoms with Crippen LogP contribution in [-0.2, 0) is 4.79 Å². The lowest BCUT2D eigenvalue weighted by molar-refractivity contribution is -0.117. The van der Waals surface area contributed by atoms with Gasteiger partial charge in [0, 0.05) is 29.4 Å². The smallest absolute Gasteiger partial charge is 0.226 e. The summed E-state index contributed by atoms with van der Waals surface area (Å²) in [7, 11) is 0. The molecule has 26 heavy (non-hydrogen) atoms. The van der Waals surface area contributed by atoms with Gasteiger partial charge in [0.25, 0.3) is 0 Å². The van der Waals surface area contributed by atoms with Gasteiger partial charge in [-0.25, -0.2) is 4.98 Å². The number of piperidine rings is 1.